The number of anilines is 1. The van der Waals surface area contributed by atoms with Crippen LogP contribution in [-0.4, -0.2) is 19.0 Å². The van der Waals surface area contributed by atoms with Gasteiger partial charge < -0.3 is 10.6 Å². The lowest BCUT2D eigenvalue weighted by Crippen LogP contribution is -2.30. The van der Waals surface area contributed by atoms with Crippen molar-refractivity contribution in [2.45, 2.75) is 27.2 Å². The minimum absolute atomic E-state index is 0.0221. The summed E-state index contributed by atoms with van der Waals surface area (Å²) in [6.45, 7) is 7.13. The number of carbonyl (C=O) groups is 1. The fraction of sp³-hybridized carbons (Fsp3) is 0.316. The molecule has 0 aromatic heterocycles. The molecule has 0 aliphatic rings. The Balaban J connectivity index is 1.80. The minimum atomic E-state index is -0.0221. The molecule has 0 spiro atoms. The van der Waals surface area contributed by atoms with Crippen molar-refractivity contribution in [3.05, 3.63) is 63.7 Å². The number of rotatable bonds is 6. The van der Waals surface area contributed by atoms with E-state index in [1.165, 1.54) is 5.56 Å². The summed E-state index contributed by atoms with van der Waals surface area (Å²) in [4.78, 5) is 12.1. The van der Waals surface area contributed by atoms with Crippen LogP contribution in [0, 0.1) is 20.8 Å². The Morgan fingerprint density at radius 3 is 2.43 bits per heavy atom. The fourth-order valence-electron chi connectivity index (χ4n) is 2.69. The molecule has 0 aliphatic carbocycles. The normalized spacial score (nSPS) is 10.6. The number of halogens is 1. The molecule has 0 unspecified atom stereocenters. The van der Waals surface area contributed by atoms with Gasteiger partial charge in [-0.15, -0.1) is 0 Å². The summed E-state index contributed by atoms with van der Waals surface area (Å²) < 4.78 is 0. The Bertz CT molecular complexity index is 675. The van der Waals surface area contributed by atoms with Crippen LogP contribution >= 0.6 is 11.6 Å². The number of benzene rings is 2. The van der Waals surface area contributed by atoms with Crippen LogP contribution < -0.4 is 10.6 Å². The highest BCUT2D eigenvalue weighted by Gasteiger charge is 2.07. The van der Waals surface area contributed by atoms with Gasteiger partial charge in [-0.2, -0.15) is 0 Å². The lowest BCUT2D eigenvalue weighted by molar-refractivity contribution is -0.115. The zero-order valence-corrected chi connectivity index (χ0v) is 14.6. The van der Waals surface area contributed by atoms with Crippen LogP contribution in [0.2, 0.25) is 5.02 Å². The van der Waals surface area contributed by atoms with Gasteiger partial charge in [0, 0.05) is 10.7 Å². The predicted octanol–water partition coefficient (Wildman–Crippen LogP) is 4.04. The van der Waals surface area contributed by atoms with Crippen LogP contribution in [0.4, 0.5) is 5.69 Å². The van der Waals surface area contributed by atoms with Gasteiger partial charge in [0.25, 0.3) is 0 Å². The maximum absolute atomic E-state index is 12.1. The molecule has 0 heterocycles. The van der Waals surface area contributed by atoms with Gasteiger partial charge in [-0.05, 0) is 62.6 Å². The average Bonchev–Trinajstić information content (AvgIpc) is 2.47. The molecule has 23 heavy (non-hydrogen) atoms. The number of hydrogen-bond acceptors (Lipinski definition) is 2. The van der Waals surface area contributed by atoms with Crippen LogP contribution in [0.1, 0.15) is 22.3 Å². The molecule has 2 aromatic carbocycles. The molecule has 0 bridgehead atoms. The lowest BCUT2D eigenvalue weighted by Gasteiger charge is -2.13. The van der Waals surface area contributed by atoms with E-state index >= 15 is 0 Å². The first-order valence-electron chi connectivity index (χ1n) is 7.78. The second-order valence-corrected chi connectivity index (χ2v) is 6.32. The number of carbonyl (C=O) groups excluding carboxylic acids is 1. The van der Waals surface area contributed by atoms with Crippen LogP contribution in [0.5, 0.6) is 0 Å². The van der Waals surface area contributed by atoms with E-state index in [1.54, 1.807) is 0 Å². The molecular formula is C19H23ClN2O. The second-order valence-electron chi connectivity index (χ2n) is 5.88. The molecule has 0 radical (unpaired) electrons. The number of aryl methyl sites for hydroxylation is 3. The zero-order valence-electron chi connectivity index (χ0n) is 13.9. The molecule has 0 aliphatic heterocycles. The van der Waals surface area contributed by atoms with Crippen molar-refractivity contribution in [3.8, 4) is 0 Å². The first-order valence-corrected chi connectivity index (χ1v) is 8.16. The van der Waals surface area contributed by atoms with E-state index in [0.29, 0.717) is 6.54 Å². The zero-order chi connectivity index (χ0) is 16.8. The number of nitrogens with one attached hydrogen (secondary N) is 2. The number of amides is 1. The van der Waals surface area contributed by atoms with Crippen molar-refractivity contribution in [1.29, 1.82) is 0 Å². The SMILES string of the molecule is Cc1cc(C)c(NC(=O)CNCCc2cccc(Cl)c2)c(C)c1. The first kappa shape index (κ1) is 17.5. The monoisotopic (exact) mass is 330 g/mol. The van der Waals surface area contributed by atoms with Crippen molar-refractivity contribution in [2.24, 2.45) is 0 Å². The summed E-state index contributed by atoms with van der Waals surface area (Å²) in [5.74, 6) is -0.0221. The van der Waals surface area contributed by atoms with E-state index in [0.717, 1.165) is 40.4 Å². The average molecular weight is 331 g/mol. The van der Waals surface area contributed by atoms with Crippen molar-refractivity contribution in [1.82, 2.24) is 5.32 Å². The summed E-state index contributed by atoms with van der Waals surface area (Å²) in [6, 6.07) is 11.9. The largest absolute Gasteiger partial charge is 0.324 e. The standard InChI is InChI=1S/C19H23ClN2O/c1-13-9-14(2)19(15(3)10-13)22-18(23)12-21-8-7-16-5-4-6-17(20)11-16/h4-6,9-11,21H,7-8,12H2,1-3H3,(H,22,23). The molecule has 4 heteroatoms. The molecule has 0 atom stereocenters. The Morgan fingerprint density at radius 1 is 1.09 bits per heavy atom. The first-order chi connectivity index (χ1) is 11.0. The summed E-state index contributed by atoms with van der Waals surface area (Å²) in [6.07, 6.45) is 0.844. The van der Waals surface area contributed by atoms with Gasteiger partial charge in [-0.1, -0.05) is 41.4 Å². The van der Waals surface area contributed by atoms with E-state index in [-0.39, 0.29) is 5.91 Å². The summed E-state index contributed by atoms with van der Waals surface area (Å²) in [7, 11) is 0. The minimum Gasteiger partial charge on any atom is -0.324 e. The molecule has 122 valence electrons. The van der Waals surface area contributed by atoms with Gasteiger partial charge in [-0.3, -0.25) is 4.79 Å². The predicted molar refractivity (Wildman–Crippen MR) is 97.3 cm³/mol. The van der Waals surface area contributed by atoms with E-state index in [2.05, 4.69) is 29.7 Å². The summed E-state index contributed by atoms with van der Waals surface area (Å²) >= 11 is 5.95. The quantitative estimate of drug-likeness (QED) is 0.785. The van der Waals surface area contributed by atoms with E-state index < -0.39 is 0 Å². The molecule has 3 nitrogen and oxygen atoms in total. The van der Waals surface area contributed by atoms with Crippen molar-refractivity contribution in [2.75, 3.05) is 18.4 Å². The van der Waals surface area contributed by atoms with Crippen molar-refractivity contribution in [3.63, 3.8) is 0 Å². The Labute approximate surface area is 143 Å². The van der Waals surface area contributed by atoms with Crippen LogP contribution in [-0.2, 0) is 11.2 Å². The molecule has 2 N–H and O–H groups in total. The molecule has 1 amide bonds. The van der Waals surface area contributed by atoms with Crippen LogP contribution in [0.25, 0.3) is 0 Å². The Kier molecular flexibility index (Phi) is 6.20. The molecule has 2 aromatic rings. The summed E-state index contributed by atoms with van der Waals surface area (Å²) in [5.41, 5.74) is 5.47. The Morgan fingerprint density at radius 2 is 1.78 bits per heavy atom. The van der Waals surface area contributed by atoms with E-state index in [9.17, 15) is 4.79 Å². The van der Waals surface area contributed by atoms with Crippen molar-refractivity contribution >= 4 is 23.2 Å². The second kappa shape index (κ2) is 8.14. The van der Waals surface area contributed by atoms with Gasteiger partial charge in [0.15, 0.2) is 0 Å². The van der Waals surface area contributed by atoms with Gasteiger partial charge in [0.1, 0.15) is 0 Å². The highest BCUT2D eigenvalue weighted by Crippen LogP contribution is 2.21. The third-order valence-electron chi connectivity index (χ3n) is 3.71. The van der Waals surface area contributed by atoms with Gasteiger partial charge >= 0.3 is 0 Å². The maximum atomic E-state index is 12.1. The van der Waals surface area contributed by atoms with Crippen LogP contribution in [0.15, 0.2) is 36.4 Å². The van der Waals surface area contributed by atoms with Gasteiger partial charge in [0.05, 0.1) is 6.54 Å². The highest BCUT2D eigenvalue weighted by atomic mass is 35.5. The van der Waals surface area contributed by atoms with Gasteiger partial charge in [-0.25, -0.2) is 0 Å². The molecule has 2 rings (SSSR count). The highest BCUT2D eigenvalue weighted by molar-refractivity contribution is 6.30. The maximum Gasteiger partial charge on any atom is 0.238 e. The van der Waals surface area contributed by atoms with E-state index in [4.69, 9.17) is 11.6 Å². The van der Waals surface area contributed by atoms with Gasteiger partial charge in [0.2, 0.25) is 5.91 Å². The molecular weight excluding hydrogens is 308 g/mol. The molecule has 0 fully saturated rings. The number of hydrogen-bond donors (Lipinski definition) is 2. The smallest absolute Gasteiger partial charge is 0.238 e. The van der Waals surface area contributed by atoms with Crippen molar-refractivity contribution < 1.29 is 4.79 Å². The fourth-order valence-corrected chi connectivity index (χ4v) is 2.90. The van der Waals surface area contributed by atoms with E-state index in [1.807, 2.05) is 38.1 Å². The topological polar surface area (TPSA) is 41.1 Å². The lowest BCUT2D eigenvalue weighted by atomic mass is 10.1. The Hall–Kier alpha value is -1.84. The third-order valence-corrected chi connectivity index (χ3v) is 3.94. The molecule has 0 saturated heterocycles. The van der Waals surface area contributed by atoms with Crippen LogP contribution in [0.3, 0.4) is 0 Å². The summed E-state index contributed by atoms with van der Waals surface area (Å²) in [5, 5.41) is 6.90. The molecule has 0 saturated carbocycles. The third kappa shape index (κ3) is 5.38.